The van der Waals surface area contributed by atoms with Gasteiger partial charge >= 0.3 is 0 Å². The highest BCUT2D eigenvalue weighted by molar-refractivity contribution is 6.34. The zero-order valence-corrected chi connectivity index (χ0v) is 17.0. The van der Waals surface area contributed by atoms with Gasteiger partial charge in [-0.25, -0.2) is 0 Å². The highest BCUT2D eigenvalue weighted by atomic mass is 35.5. The first kappa shape index (κ1) is 22.8. The first-order valence-corrected chi connectivity index (χ1v) is 9.60. The van der Waals surface area contributed by atoms with E-state index in [0.717, 1.165) is 12.5 Å². The monoisotopic (exact) mass is 432 g/mol. The second-order valence-corrected chi connectivity index (χ2v) is 6.72. The van der Waals surface area contributed by atoms with Crippen LogP contribution in [0, 0.1) is 10.1 Å². The number of halogens is 1. The van der Waals surface area contributed by atoms with Crippen LogP contribution in [0.2, 0.25) is 5.02 Å². The molecule has 3 amide bonds. The zero-order chi connectivity index (χ0) is 22.1. The van der Waals surface area contributed by atoms with Crippen molar-refractivity contribution in [2.75, 3.05) is 18.4 Å². The van der Waals surface area contributed by atoms with Gasteiger partial charge in [-0.3, -0.25) is 24.5 Å². The summed E-state index contributed by atoms with van der Waals surface area (Å²) in [5.74, 6) is -0.918. The molecule has 2 aromatic carbocycles. The molecule has 158 valence electrons. The van der Waals surface area contributed by atoms with Gasteiger partial charge in [0.25, 0.3) is 17.5 Å². The minimum atomic E-state index is -0.602. The molecule has 0 unspecified atom stereocenters. The molecule has 0 spiro atoms. The number of carbonyl (C=O) groups is 3. The van der Waals surface area contributed by atoms with Gasteiger partial charge in [-0.05, 0) is 36.8 Å². The normalized spacial score (nSPS) is 10.2. The Labute approximate surface area is 177 Å². The van der Waals surface area contributed by atoms with E-state index in [-0.39, 0.29) is 41.2 Å². The van der Waals surface area contributed by atoms with Crippen LogP contribution >= 0.6 is 11.6 Å². The molecule has 0 bridgehead atoms. The van der Waals surface area contributed by atoms with Crippen molar-refractivity contribution in [2.45, 2.75) is 19.8 Å². The number of hydrogen-bond acceptors (Lipinski definition) is 5. The quantitative estimate of drug-likeness (QED) is 0.318. The van der Waals surface area contributed by atoms with Gasteiger partial charge in [0.15, 0.2) is 0 Å². The molecule has 3 N–H and O–H groups in total. The van der Waals surface area contributed by atoms with E-state index in [1.165, 1.54) is 12.1 Å². The van der Waals surface area contributed by atoms with Crippen molar-refractivity contribution in [2.24, 2.45) is 0 Å². The van der Waals surface area contributed by atoms with Gasteiger partial charge in [-0.2, -0.15) is 0 Å². The fourth-order valence-electron chi connectivity index (χ4n) is 2.51. The average Bonchev–Trinajstić information content (AvgIpc) is 2.71. The molecular weight excluding hydrogens is 412 g/mol. The second kappa shape index (κ2) is 10.9. The lowest BCUT2D eigenvalue weighted by Gasteiger charge is -2.09. The third-order valence-electron chi connectivity index (χ3n) is 4.01. The number of carbonyl (C=O) groups excluding carboxylic acids is 3. The van der Waals surface area contributed by atoms with E-state index in [4.69, 9.17) is 11.6 Å². The van der Waals surface area contributed by atoms with Gasteiger partial charge in [0.05, 0.1) is 15.5 Å². The molecule has 10 heteroatoms. The molecule has 0 aliphatic rings. The van der Waals surface area contributed by atoms with Gasteiger partial charge in [0.1, 0.15) is 0 Å². The lowest BCUT2D eigenvalue weighted by Crippen LogP contribution is -2.34. The Kier molecular flexibility index (Phi) is 8.30. The summed E-state index contributed by atoms with van der Waals surface area (Å²) in [6, 6.07) is 10.0. The van der Waals surface area contributed by atoms with Crippen molar-refractivity contribution < 1.29 is 19.3 Å². The summed E-state index contributed by atoms with van der Waals surface area (Å²) in [5, 5.41) is 18.7. The van der Waals surface area contributed by atoms with Gasteiger partial charge in [-0.15, -0.1) is 0 Å². The molecule has 0 saturated carbocycles. The molecule has 0 fully saturated rings. The predicted molar refractivity (Wildman–Crippen MR) is 113 cm³/mol. The second-order valence-electron chi connectivity index (χ2n) is 6.31. The minimum absolute atomic E-state index is 0.0307. The number of nitro groups is 1. The maximum absolute atomic E-state index is 12.2. The Hall–Kier alpha value is -3.46. The van der Waals surface area contributed by atoms with Gasteiger partial charge in [0.2, 0.25) is 5.91 Å². The number of benzene rings is 2. The summed E-state index contributed by atoms with van der Waals surface area (Å²) in [6.45, 7) is 2.23. The molecule has 30 heavy (non-hydrogen) atoms. The van der Waals surface area contributed by atoms with E-state index in [1.54, 1.807) is 24.3 Å². The molecule has 0 saturated heterocycles. The SMILES string of the molecule is CCCC(=O)Nc1ccc(C(=O)NCCNC(=O)c2ccc([N+](=O)[O-])cc2Cl)cc1. The van der Waals surface area contributed by atoms with Crippen LogP contribution in [0.1, 0.15) is 40.5 Å². The number of non-ortho nitro benzene ring substituents is 1. The van der Waals surface area contributed by atoms with Crippen molar-refractivity contribution in [3.63, 3.8) is 0 Å². The number of amides is 3. The smallest absolute Gasteiger partial charge is 0.270 e. The largest absolute Gasteiger partial charge is 0.350 e. The van der Waals surface area contributed by atoms with Crippen molar-refractivity contribution in [3.8, 4) is 0 Å². The van der Waals surface area contributed by atoms with Gasteiger partial charge in [0, 0.05) is 42.9 Å². The molecule has 0 aliphatic carbocycles. The van der Waals surface area contributed by atoms with E-state index >= 15 is 0 Å². The van der Waals surface area contributed by atoms with E-state index in [1.807, 2.05) is 6.92 Å². The maximum atomic E-state index is 12.2. The molecule has 0 atom stereocenters. The topological polar surface area (TPSA) is 130 Å². The summed E-state index contributed by atoms with van der Waals surface area (Å²) in [4.78, 5) is 45.9. The number of hydrogen-bond donors (Lipinski definition) is 3. The van der Waals surface area contributed by atoms with E-state index in [9.17, 15) is 24.5 Å². The Bertz CT molecular complexity index is 947. The molecule has 0 aliphatic heterocycles. The van der Waals surface area contributed by atoms with E-state index in [2.05, 4.69) is 16.0 Å². The van der Waals surface area contributed by atoms with Crippen LogP contribution in [-0.2, 0) is 4.79 Å². The number of rotatable bonds is 9. The molecule has 9 nitrogen and oxygen atoms in total. The van der Waals surface area contributed by atoms with Crippen molar-refractivity contribution >= 4 is 40.7 Å². The summed E-state index contributed by atoms with van der Waals surface area (Å²) in [5.41, 5.74) is 0.916. The van der Waals surface area contributed by atoms with Crippen LogP contribution in [-0.4, -0.2) is 35.7 Å². The fourth-order valence-corrected chi connectivity index (χ4v) is 2.77. The van der Waals surface area contributed by atoms with Gasteiger partial charge in [-0.1, -0.05) is 18.5 Å². The first-order chi connectivity index (χ1) is 14.3. The molecule has 2 aromatic rings. The number of nitrogens with zero attached hydrogens (tertiary/aromatic N) is 1. The summed E-state index contributed by atoms with van der Waals surface area (Å²) in [6.07, 6.45) is 1.18. The summed E-state index contributed by atoms with van der Waals surface area (Å²) >= 11 is 5.91. The maximum Gasteiger partial charge on any atom is 0.270 e. The standard InChI is InChI=1S/C20H21ClN4O5/c1-2-3-18(26)24-14-6-4-13(5-7-14)19(27)22-10-11-23-20(28)16-9-8-15(25(29)30)12-17(16)21/h4-9,12H,2-3,10-11H2,1H3,(H,22,27)(H,23,28)(H,24,26). The predicted octanol–water partition coefficient (Wildman–Crippen LogP) is 3.15. The van der Waals surface area contributed by atoms with Crippen LogP contribution in [0.4, 0.5) is 11.4 Å². The Morgan fingerprint density at radius 1 is 1.00 bits per heavy atom. The Morgan fingerprint density at radius 3 is 2.20 bits per heavy atom. The number of anilines is 1. The Morgan fingerprint density at radius 2 is 1.63 bits per heavy atom. The van der Waals surface area contributed by atoms with Crippen LogP contribution in [0.15, 0.2) is 42.5 Å². The van der Waals surface area contributed by atoms with E-state index in [0.29, 0.717) is 17.7 Å². The average molecular weight is 433 g/mol. The van der Waals surface area contributed by atoms with Crippen molar-refractivity contribution in [3.05, 3.63) is 68.7 Å². The van der Waals surface area contributed by atoms with Crippen LogP contribution in [0.3, 0.4) is 0 Å². The van der Waals surface area contributed by atoms with Crippen molar-refractivity contribution in [1.82, 2.24) is 10.6 Å². The molecular formula is C20H21ClN4O5. The number of nitrogens with one attached hydrogen (secondary N) is 3. The van der Waals surface area contributed by atoms with Crippen LogP contribution < -0.4 is 16.0 Å². The third kappa shape index (κ3) is 6.56. The Balaban J connectivity index is 1.80. The van der Waals surface area contributed by atoms with Crippen LogP contribution in [0.5, 0.6) is 0 Å². The highest BCUT2D eigenvalue weighted by Crippen LogP contribution is 2.22. The minimum Gasteiger partial charge on any atom is -0.350 e. The van der Waals surface area contributed by atoms with Crippen LogP contribution in [0.25, 0.3) is 0 Å². The molecule has 0 heterocycles. The molecule has 0 radical (unpaired) electrons. The summed E-state index contributed by atoms with van der Waals surface area (Å²) in [7, 11) is 0. The highest BCUT2D eigenvalue weighted by Gasteiger charge is 2.14. The lowest BCUT2D eigenvalue weighted by atomic mass is 10.2. The third-order valence-corrected chi connectivity index (χ3v) is 4.32. The molecule has 2 rings (SSSR count). The fraction of sp³-hybridized carbons (Fsp3) is 0.250. The van der Waals surface area contributed by atoms with Crippen molar-refractivity contribution in [1.29, 1.82) is 0 Å². The number of nitro benzene ring substituents is 1. The summed E-state index contributed by atoms with van der Waals surface area (Å²) < 4.78 is 0. The lowest BCUT2D eigenvalue weighted by molar-refractivity contribution is -0.384. The zero-order valence-electron chi connectivity index (χ0n) is 16.2. The molecule has 0 aromatic heterocycles. The van der Waals surface area contributed by atoms with Gasteiger partial charge < -0.3 is 16.0 Å². The van der Waals surface area contributed by atoms with E-state index < -0.39 is 10.8 Å². The first-order valence-electron chi connectivity index (χ1n) is 9.22.